The summed E-state index contributed by atoms with van der Waals surface area (Å²) in [6.45, 7) is 7.34. The Hall–Kier alpha value is -2.70. The van der Waals surface area contributed by atoms with Crippen LogP contribution in [0.2, 0.25) is 0 Å². The SMILES string of the molecule is COCCN(C(=O)c1ccc(C(C)(C)C)cc1)c1nc(-c2ccc(OC)cc2)cs1. The fraction of sp³-hybridized carbons (Fsp3) is 0.333. The van der Waals surface area contributed by atoms with Gasteiger partial charge >= 0.3 is 0 Å². The maximum Gasteiger partial charge on any atom is 0.260 e. The number of anilines is 1. The van der Waals surface area contributed by atoms with Crippen LogP contribution in [0.1, 0.15) is 36.7 Å². The molecule has 1 aromatic heterocycles. The van der Waals surface area contributed by atoms with Crippen LogP contribution in [0.3, 0.4) is 0 Å². The van der Waals surface area contributed by atoms with Gasteiger partial charge in [-0.2, -0.15) is 0 Å². The van der Waals surface area contributed by atoms with Crippen molar-refractivity contribution in [3.05, 3.63) is 65.0 Å². The molecule has 0 fully saturated rings. The summed E-state index contributed by atoms with van der Waals surface area (Å²) in [6.07, 6.45) is 0. The van der Waals surface area contributed by atoms with Crippen LogP contribution in [0.25, 0.3) is 11.3 Å². The van der Waals surface area contributed by atoms with Gasteiger partial charge in [0.15, 0.2) is 5.13 Å². The number of hydrogen-bond donors (Lipinski definition) is 0. The summed E-state index contributed by atoms with van der Waals surface area (Å²) in [5.41, 5.74) is 3.68. The predicted octanol–water partition coefficient (Wildman–Crippen LogP) is 5.41. The Bertz CT molecular complexity index is 973. The molecule has 0 spiro atoms. The number of amides is 1. The minimum absolute atomic E-state index is 0.0416. The van der Waals surface area contributed by atoms with Crippen molar-refractivity contribution in [2.75, 3.05) is 32.3 Å². The molecule has 158 valence electrons. The highest BCUT2D eigenvalue weighted by Gasteiger charge is 2.22. The van der Waals surface area contributed by atoms with Gasteiger partial charge in [0, 0.05) is 23.6 Å². The summed E-state index contributed by atoms with van der Waals surface area (Å²) in [5, 5.41) is 2.62. The van der Waals surface area contributed by atoms with Gasteiger partial charge in [-0.1, -0.05) is 32.9 Å². The Kier molecular flexibility index (Phi) is 6.90. The van der Waals surface area contributed by atoms with Gasteiger partial charge in [0.05, 0.1) is 26.0 Å². The van der Waals surface area contributed by atoms with Crippen molar-refractivity contribution in [2.45, 2.75) is 26.2 Å². The first-order chi connectivity index (χ1) is 14.3. The number of nitrogens with zero attached hydrogens (tertiary/aromatic N) is 2. The lowest BCUT2D eigenvalue weighted by atomic mass is 9.86. The third-order valence-electron chi connectivity index (χ3n) is 4.87. The average molecular weight is 425 g/mol. The molecule has 0 N–H and O–H groups in total. The van der Waals surface area contributed by atoms with Gasteiger partial charge in [0.2, 0.25) is 0 Å². The zero-order valence-electron chi connectivity index (χ0n) is 18.1. The summed E-state index contributed by atoms with van der Waals surface area (Å²) in [4.78, 5) is 19.7. The molecule has 0 atom stereocenters. The summed E-state index contributed by atoms with van der Waals surface area (Å²) >= 11 is 1.45. The minimum Gasteiger partial charge on any atom is -0.497 e. The molecule has 2 aromatic carbocycles. The molecule has 0 aliphatic rings. The van der Waals surface area contributed by atoms with Crippen LogP contribution >= 0.6 is 11.3 Å². The molecule has 0 saturated heterocycles. The van der Waals surface area contributed by atoms with Gasteiger partial charge in [0.1, 0.15) is 5.75 Å². The molecule has 30 heavy (non-hydrogen) atoms. The van der Waals surface area contributed by atoms with Crippen molar-refractivity contribution in [1.29, 1.82) is 0 Å². The van der Waals surface area contributed by atoms with E-state index in [9.17, 15) is 4.79 Å². The van der Waals surface area contributed by atoms with Crippen LogP contribution in [0.5, 0.6) is 5.75 Å². The quantitative estimate of drug-likeness (QED) is 0.509. The van der Waals surface area contributed by atoms with Crippen molar-refractivity contribution < 1.29 is 14.3 Å². The van der Waals surface area contributed by atoms with Gasteiger partial charge in [-0.25, -0.2) is 4.98 Å². The maximum absolute atomic E-state index is 13.3. The van der Waals surface area contributed by atoms with Crippen LogP contribution in [-0.4, -0.2) is 38.3 Å². The fourth-order valence-corrected chi connectivity index (χ4v) is 3.88. The van der Waals surface area contributed by atoms with Crippen LogP contribution in [0, 0.1) is 0 Å². The summed E-state index contributed by atoms with van der Waals surface area (Å²) in [7, 11) is 3.27. The monoisotopic (exact) mass is 424 g/mol. The number of aromatic nitrogens is 1. The Labute approximate surface area is 182 Å². The number of methoxy groups -OCH3 is 2. The van der Waals surface area contributed by atoms with Crippen LogP contribution in [0.4, 0.5) is 5.13 Å². The molecule has 0 saturated carbocycles. The van der Waals surface area contributed by atoms with E-state index in [4.69, 9.17) is 14.5 Å². The zero-order valence-corrected chi connectivity index (χ0v) is 19.0. The van der Waals surface area contributed by atoms with E-state index in [0.29, 0.717) is 23.8 Å². The lowest BCUT2D eigenvalue weighted by molar-refractivity contribution is 0.0976. The second kappa shape index (κ2) is 9.41. The normalized spacial score (nSPS) is 11.4. The summed E-state index contributed by atoms with van der Waals surface area (Å²) < 4.78 is 10.4. The molecular formula is C24H28N2O3S. The molecule has 6 heteroatoms. The lowest BCUT2D eigenvalue weighted by Gasteiger charge is -2.21. The number of thiazole rings is 1. The maximum atomic E-state index is 13.3. The smallest absolute Gasteiger partial charge is 0.260 e. The fourth-order valence-electron chi connectivity index (χ4n) is 3.02. The third kappa shape index (κ3) is 5.07. The molecule has 0 unspecified atom stereocenters. The number of hydrogen-bond acceptors (Lipinski definition) is 5. The van der Waals surface area contributed by atoms with Crippen LogP contribution in [0.15, 0.2) is 53.9 Å². The highest BCUT2D eigenvalue weighted by molar-refractivity contribution is 7.14. The standard InChI is InChI=1S/C24H28N2O3S/c1-24(2,3)19-10-6-18(7-11-19)22(27)26(14-15-28-4)23-25-21(16-30-23)17-8-12-20(29-5)13-9-17/h6-13,16H,14-15H2,1-5H3. The minimum atomic E-state index is -0.0804. The Morgan fingerprint density at radius 2 is 1.70 bits per heavy atom. The van der Waals surface area contributed by atoms with Crippen molar-refractivity contribution in [2.24, 2.45) is 0 Å². The molecular weight excluding hydrogens is 396 g/mol. The van der Waals surface area contributed by atoms with E-state index in [2.05, 4.69) is 20.8 Å². The van der Waals surface area contributed by atoms with Gasteiger partial charge in [-0.15, -0.1) is 11.3 Å². The van der Waals surface area contributed by atoms with E-state index in [0.717, 1.165) is 17.0 Å². The van der Waals surface area contributed by atoms with Crippen molar-refractivity contribution >= 4 is 22.4 Å². The molecule has 1 amide bonds. The van der Waals surface area contributed by atoms with Crippen molar-refractivity contribution in [3.8, 4) is 17.0 Å². The van der Waals surface area contributed by atoms with E-state index in [1.54, 1.807) is 19.1 Å². The lowest BCUT2D eigenvalue weighted by Crippen LogP contribution is -2.34. The van der Waals surface area contributed by atoms with E-state index >= 15 is 0 Å². The third-order valence-corrected chi connectivity index (χ3v) is 5.73. The number of carbonyl (C=O) groups excluding carboxylic acids is 1. The number of benzene rings is 2. The zero-order chi connectivity index (χ0) is 21.7. The Morgan fingerprint density at radius 1 is 1.03 bits per heavy atom. The predicted molar refractivity (Wildman–Crippen MR) is 123 cm³/mol. The molecule has 5 nitrogen and oxygen atoms in total. The first kappa shape index (κ1) is 22.0. The van der Waals surface area contributed by atoms with Crippen molar-refractivity contribution in [3.63, 3.8) is 0 Å². The first-order valence-electron chi connectivity index (χ1n) is 9.85. The van der Waals surface area contributed by atoms with Gasteiger partial charge < -0.3 is 9.47 Å². The van der Waals surface area contributed by atoms with E-state index in [1.807, 2.05) is 53.9 Å². The van der Waals surface area contributed by atoms with Crippen molar-refractivity contribution in [1.82, 2.24) is 4.98 Å². The van der Waals surface area contributed by atoms with E-state index < -0.39 is 0 Å². The van der Waals surface area contributed by atoms with Gasteiger partial charge in [-0.3, -0.25) is 9.69 Å². The molecule has 3 rings (SSSR count). The highest BCUT2D eigenvalue weighted by Crippen LogP contribution is 2.30. The number of carbonyl (C=O) groups is 1. The Morgan fingerprint density at radius 3 is 2.27 bits per heavy atom. The number of ether oxygens (including phenoxy) is 2. The first-order valence-corrected chi connectivity index (χ1v) is 10.7. The van der Waals surface area contributed by atoms with Crippen LogP contribution in [-0.2, 0) is 10.2 Å². The Balaban J connectivity index is 1.86. The van der Waals surface area contributed by atoms with E-state index in [1.165, 1.54) is 16.9 Å². The molecule has 0 aliphatic heterocycles. The average Bonchev–Trinajstić information content (AvgIpc) is 3.23. The largest absolute Gasteiger partial charge is 0.497 e. The topological polar surface area (TPSA) is 51.7 Å². The summed E-state index contributed by atoms with van der Waals surface area (Å²) in [6, 6.07) is 15.5. The van der Waals surface area contributed by atoms with E-state index in [-0.39, 0.29) is 11.3 Å². The second-order valence-electron chi connectivity index (χ2n) is 8.02. The molecule has 3 aromatic rings. The second-order valence-corrected chi connectivity index (χ2v) is 8.86. The number of rotatable bonds is 7. The van der Waals surface area contributed by atoms with Gasteiger partial charge in [0.25, 0.3) is 5.91 Å². The molecule has 1 heterocycles. The highest BCUT2D eigenvalue weighted by atomic mass is 32.1. The van der Waals surface area contributed by atoms with Gasteiger partial charge in [-0.05, 0) is 47.4 Å². The molecule has 0 bridgehead atoms. The van der Waals surface area contributed by atoms with Crippen LogP contribution < -0.4 is 9.64 Å². The molecule has 0 aliphatic carbocycles. The molecule has 0 radical (unpaired) electrons. The summed E-state index contributed by atoms with van der Waals surface area (Å²) in [5.74, 6) is 0.716.